The summed E-state index contributed by atoms with van der Waals surface area (Å²) in [5, 5.41) is 4.49. The van der Waals surface area contributed by atoms with Crippen LogP contribution in [-0.4, -0.2) is 9.78 Å². The van der Waals surface area contributed by atoms with Crippen molar-refractivity contribution in [1.29, 1.82) is 0 Å². The van der Waals surface area contributed by atoms with Crippen LogP contribution in [0.25, 0.3) is 0 Å². The molecule has 6 heteroatoms. The Morgan fingerprint density at radius 2 is 2.43 bits per heavy atom. The van der Waals surface area contributed by atoms with Crippen LogP contribution in [0.2, 0.25) is 5.02 Å². The highest BCUT2D eigenvalue weighted by atomic mass is 79.9. The molecule has 0 fully saturated rings. The molecule has 0 saturated carbocycles. The van der Waals surface area contributed by atoms with E-state index in [9.17, 15) is 0 Å². The monoisotopic (exact) mass is 275 g/mol. The Morgan fingerprint density at radius 3 is 2.93 bits per heavy atom. The molecule has 0 unspecified atom stereocenters. The summed E-state index contributed by atoms with van der Waals surface area (Å²) in [4.78, 5) is 0. The quantitative estimate of drug-likeness (QED) is 0.917. The lowest BCUT2D eigenvalue weighted by Crippen LogP contribution is -1.99. The molecule has 0 saturated heterocycles. The largest absolute Gasteiger partial charge is 0.457 e. The summed E-state index contributed by atoms with van der Waals surface area (Å²) in [5.41, 5.74) is 6.50. The molecule has 0 aliphatic carbocycles. The fraction of sp³-hybridized carbons (Fsp3) is 0.125. The van der Waals surface area contributed by atoms with Crippen LogP contribution in [0.4, 0.5) is 5.82 Å². The SMILES string of the molecule is Nc1nn(Cc2coc(Br)c2)cc1Cl. The third-order valence-electron chi connectivity index (χ3n) is 1.71. The smallest absolute Gasteiger partial charge is 0.169 e. The molecule has 4 nitrogen and oxygen atoms in total. The minimum Gasteiger partial charge on any atom is -0.457 e. The van der Waals surface area contributed by atoms with E-state index in [0.29, 0.717) is 22.1 Å². The molecule has 2 aromatic rings. The van der Waals surface area contributed by atoms with Crippen LogP contribution in [0, 0.1) is 0 Å². The lowest BCUT2D eigenvalue weighted by atomic mass is 10.3. The zero-order valence-corrected chi connectivity index (χ0v) is 9.42. The van der Waals surface area contributed by atoms with Gasteiger partial charge in [0.2, 0.25) is 0 Å². The highest BCUT2D eigenvalue weighted by Gasteiger charge is 2.04. The first-order chi connectivity index (χ1) is 6.65. The number of halogens is 2. The van der Waals surface area contributed by atoms with E-state index < -0.39 is 0 Å². The molecular formula is C8H7BrClN3O. The Hall–Kier alpha value is -0.940. The molecule has 0 spiro atoms. The van der Waals surface area contributed by atoms with Crippen LogP contribution < -0.4 is 5.73 Å². The second-order valence-electron chi connectivity index (χ2n) is 2.82. The molecule has 0 aliphatic heterocycles. The van der Waals surface area contributed by atoms with Crippen molar-refractivity contribution < 1.29 is 4.42 Å². The number of nitrogens with two attached hydrogens (primary N) is 1. The van der Waals surface area contributed by atoms with Gasteiger partial charge in [0, 0.05) is 11.8 Å². The van der Waals surface area contributed by atoms with E-state index in [1.54, 1.807) is 17.1 Å². The molecule has 0 aromatic carbocycles. The van der Waals surface area contributed by atoms with Crippen molar-refractivity contribution >= 4 is 33.3 Å². The lowest BCUT2D eigenvalue weighted by Gasteiger charge is -1.95. The highest BCUT2D eigenvalue weighted by Crippen LogP contribution is 2.18. The zero-order chi connectivity index (χ0) is 10.1. The zero-order valence-electron chi connectivity index (χ0n) is 7.08. The van der Waals surface area contributed by atoms with Gasteiger partial charge in [0.1, 0.15) is 5.02 Å². The summed E-state index contributed by atoms with van der Waals surface area (Å²) in [5.74, 6) is 0.342. The fourth-order valence-electron chi connectivity index (χ4n) is 1.11. The van der Waals surface area contributed by atoms with Crippen molar-refractivity contribution in [2.75, 3.05) is 5.73 Å². The van der Waals surface area contributed by atoms with Gasteiger partial charge in [-0.15, -0.1) is 0 Å². The fourth-order valence-corrected chi connectivity index (χ4v) is 1.65. The molecular weight excluding hydrogens is 269 g/mol. The average molecular weight is 277 g/mol. The van der Waals surface area contributed by atoms with Crippen molar-refractivity contribution in [3.8, 4) is 0 Å². The van der Waals surface area contributed by atoms with Gasteiger partial charge in [0.25, 0.3) is 0 Å². The van der Waals surface area contributed by atoms with E-state index in [0.717, 1.165) is 5.56 Å². The summed E-state index contributed by atoms with van der Waals surface area (Å²) >= 11 is 8.98. The van der Waals surface area contributed by atoms with Crippen molar-refractivity contribution in [2.24, 2.45) is 0 Å². The maximum Gasteiger partial charge on any atom is 0.169 e. The van der Waals surface area contributed by atoms with E-state index in [1.165, 1.54) is 0 Å². The van der Waals surface area contributed by atoms with Gasteiger partial charge in [0.15, 0.2) is 10.5 Å². The molecule has 2 heterocycles. The van der Waals surface area contributed by atoms with Gasteiger partial charge >= 0.3 is 0 Å². The predicted octanol–water partition coefficient (Wildman–Crippen LogP) is 2.52. The maximum absolute atomic E-state index is 5.76. The summed E-state index contributed by atoms with van der Waals surface area (Å²) < 4.78 is 7.44. The van der Waals surface area contributed by atoms with Crippen LogP contribution in [-0.2, 0) is 6.54 Å². The number of hydrogen-bond donors (Lipinski definition) is 1. The average Bonchev–Trinajstić information content (AvgIpc) is 2.62. The van der Waals surface area contributed by atoms with Gasteiger partial charge in [-0.3, -0.25) is 4.68 Å². The molecule has 0 aliphatic rings. The number of anilines is 1. The number of nitrogens with zero attached hydrogens (tertiary/aromatic N) is 2. The van der Waals surface area contributed by atoms with Crippen LogP contribution in [0.5, 0.6) is 0 Å². The van der Waals surface area contributed by atoms with Gasteiger partial charge in [-0.25, -0.2) is 0 Å². The van der Waals surface area contributed by atoms with Crippen LogP contribution in [0.1, 0.15) is 5.56 Å². The molecule has 74 valence electrons. The van der Waals surface area contributed by atoms with E-state index in [4.69, 9.17) is 21.8 Å². The van der Waals surface area contributed by atoms with Crippen LogP contribution >= 0.6 is 27.5 Å². The van der Waals surface area contributed by atoms with Gasteiger partial charge in [-0.05, 0) is 22.0 Å². The first kappa shape index (κ1) is 9.61. The van der Waals surface area contributed by atoms with Crippen molar-refractivity contribution in [3.63, 3.8) is 0 Å². The molecule has 2 rings (SSSR count). The number of furan rings is 1. The van der Waals surface area contributed by atoms with E-state index in [1.807, 2.05) is 6.07 Å². The van der Waals surface area contributed by atoms with Gasteiger partial charge in [-0.2, -0.15) is 5.10 Å². The summed E-state index contributed by atoms with van der Waals surface area (Å²) in [6.07, 6.45) is 3.33. The van der Waals surface area contributed by atoms with Crippen molar-refractivity contribution in [1.82, 2.24) is 9.78 Å². The summed E-state index contributed by atoms with van der Waals surface area (Å²) in [7, 11) is 0. The number of hydrogen-bond acceptors (Lipinski definition) is 3. The second-order valence-corrected chi connectivity index (χ2v) is 4.01. The first-order valence-electron chi connectivity index (χ1n) is 3.86. The van der Waals surface area contributed by atoms with Crippen molar-refractivity contribution in [2.45, 2.75) is 6.54 Å². The van der Waals surface area contributed by atoms with Gasteiger partial charge in [0.05, 0.1) is 12.8 Å². The Labute approximate surface area is 93.8 Å². The predicted molar refractivity (Wildman–Crippen MR) is 57.2 cm³/mol. The van der Waals surface area contributed by atoms with Crippen LogP contribution in [0.3, 0.4) is 0 Å². The molecule has 0 amide bonds. The standard InChI is InChI=1S/C8H7BrClN3O/c9-7-1-5(4-14-7)2-13-3-6(10)8(11)12-13/h1,3-4H,2H2,(H2,11,12). The first-order valence-corrected chi connectivity index (χ1v) is 5.03. The minimum atomic E-state index is 0.342. The van der Waals surface area contributed by atoms with Crippen LogP contribution in [0.15, 0.2) is 27.6 Å². The number of aromatic nitrogens is 2. The second kappa shape index (κ2) is 3.67. The Bertz CT molecular complexity index is 432. The lowest BCUT2D eigenvalue weighted by molar-refractivity contribution is 0.536. The molecule has 0 radical (unpaired) electrons. The summed E-state index contributed by atoms with van der Waals surface area (Å²) in [6, 6.07) is 1.87. The third-order valence-corrected chi connectivity index (χ3v) is 2.42. The number of nitrogen functional groups attached to an aromatic ring is 1. The maximum atomic E-state index is 5.76. The van der Waals surface area contributed by atoms with Gasteiger partial charge in [-0.1, -0.05) is 11.6 Å². The van der Waals surface area contributed by atoms with E-state index in [2.05, 4.69) is 21.0 Å². The molecule has 0 bridgehead atoms. The molecule has 0 atom stereocenters. The Kier molecular flexibility index (Phi) is 2.52. The molecule has 2 aromatic heterocycles. The number of rotatable bonds is 2. The Balaban J connectivity index is 2.18. The van der Waals surface area contributed by atoms with E-state index >= 15 is 0 Å². The molecule has 2 N–H and O–H groups in total. The Morgan fingerprint density at radius 1 is 1.64 bits per heavy atom. The minimum absolute atomic E-state index is 0.342. The normalized spacial score (nSPS) is 10.7. The summed E-state index contributed by atoms with van der Waals surface area (Å²) in [6.45, 7) is 0.589. The third kappa shape index (κ3) is 1.93. The van der Waals surface area contributed by atoms with Crippen molar-refractivity contribution in [3.05, 3.63) is 33.8 Å². The van der Waals surface area contributed by atoms with E-state index in [-0.39, 0.29) is 0 Å². The van der Waals surface area contributed by atoms with Gasteiger partial charge < -0.3 is 10.2 Å². The molecule has 14 heavy (non-hydrogen) atoms. The topological polar surface area (TPSA) is 57.0 Å². The highest BCUT2D eigenvalue weighted by molar-refractivity contribution is 9.10.